The molecule has 2 aliphatic rings. The normalized spacial score (nSPS) is 17.9. The Morgan fingerprint density at radius 1 is 0.643 bits per heavy atom. The molecule has 0 saturated heterocycles. The van der Waals surface area contributed by atoms with Gasteiger partial charge in [0.1, 0.15) is 11.9 Å². The number of benzene rings is 3. The van der Waals surface area contributed by atoms with Crippen molar-refractivity contribution in [2.75, 3.05) is 0 Å². The van der Waals surface area contributed by atoms with E-state index < -0.39 is 29.6 Å². The molecule has 3 aromatic rings. The van der Waals surface area contributed by atoms with Crippen molar-refractivity contribution < 1.29 is 18.8 Å². The largest absolute Gasteiger partial charge is 0.280 e. The molecule has 136 valence electrons. The third-order valence-corrected chi connectivity index (χ3v) is 5.11. The lowest BCUT2D eigenvalue weighted by molar-refractivity contribution is -0.00211. The standard InChI is InChI=1S/C22H13FN2O3/c23-14-11-9-13(10-12-14)19-15-5-1-2-6-16(15)20(26)24(19)25-21(27)17-7-3-4-8-18(17)22(25)28/h1-12,19H. The Labute approximate surface area is 159 Å². The molecule has 0 fully saturated rings. The van der Waals surface area contributed by atoms with Crippen molar-refractivity contribution >= 4 is 17.7 Å². The molecule has 0 aliphatic carbocycles. The minimum Gasteiger partial charge on any atom is -0.267 e. The second-order valence-corrected chi connectivity index (χ2v) is 6.66. The van der Waals surface area contributed by atoms with Crippen molar-refractivity contribution in [2.45, 2.75) is 6.04 Å². The highest BCUT2D eigenvalue weighted by molar-refractivity contribution is 6.22. The van der Waals surface area contributed by atoms with E-state index in [-0.39, 0.29) is 11.1 Å². The highest BCUT2D eigenvalue weighted by atomic mass is 19.1. The molecule has 0 spiro atoms. The van der Waals surface area contributed by atoms with Gasteiger partial charge in [0.05, 0.1) is 11.1 Å². The quantitative estimate of drug-likeness (QED) is 0.646. The van der Waals surface area contributed by atoms with Crippen molar-refractivity contribution in [3.8, 4) is 0 Å². The second kappa shape index (κ2) is 5.85. The smallest absolute Gasteiger partial charge is 0.267 e. The molecular weight excluding hydrogens is 359 g/mol. The van der Waals surface area contributed by atoms with E-state index >= 15 is 0 Å². The Morgan fingerprint density at radius 3 is 1.79 bits per heavy atom. The van der Waals surface area contributed by atoms with Crippen molar-refractivity contribution in [3.63, 3.8) is 0 Å². The van der Waals surface area contributed by atoms with E-state index in [1.54, 1.807) is 60.7 Å². The summed E-state index contributed by atoms with van der Waals surface area (Å²) in [7, 11) is 0. The van der Waals surface area contributed by atoms with Crippen LogP contribution in [0.1, 0.15) is 48.2 Å². The molecule has 0 aromatic heterocycles. The maximum absolute atomic E-state index is 13.4. The summed E-state index contributed by atoms with van der Waals surface area (Å²) < 4.78 is 13.4. The molecule has 1 unspecified atom stereocenters. The summed E-state index contributed by atoms with van der Waals surface area (Å²) in [6.07, 6.45) is 0. The van der Waals surface area contributed by atoms with Crippen LogP contribution in [0.25, 0.3) is 0 Å². The summed E-state index contributed by atoms with van der Waals surface area (Å²) in [5.41, 5.74) is 2.20. The van der Waals surface area contributed by atoms with Gasteiger partial charge in [-0.3, -0.25) is 14.4 Å². The molecule has 6 heteroatoms. The number of rotatable bonds is 2. The van der Waals surface area contributed by atoms with Crippen molar-refractivity contribution in [2.24, 2.45) is 0 Å². The number of fused-ring (bicyclic) bond motifs is 2. The predicted molar refractivity (Wildman–Crippen MR) is 97.8 cm³/mol. The summed E-state index contributed by atoms with van der Waals surface area (Å²) in [6, 6.07) is 18.4. The fourth-order valence-electron chi connectivity index (χ4n) is 3.85. The van der Waals surface area contributed by atoms with Gasteiger partial charge < -0.3 is 0 Å². The molecule has 5 rings (SSSR count). The molecule has 3 aromatic carbocycles. The number of imide groups is 1. The average Bonchev–Trinajstić information content (AvgIpc) is 3.14. The van der Waals surface area contributed by atoms with Gasteiger partial charge in [0.25, 0.3) is 17.7 Å². The molecule has 0 saturated carbocycles. The summed E-state index contributed by atoms with van der Waals surface area (Å²) >= 11 is 0. The van der Waals surface area contributed by atoms with Crippen LogP contribution in [0.3, 0.4) is 0 Å². The fourth-order valence-corrected chi connectivity index (χ4v) is 3.85. The summed E-state index contributed by atoms with van der Waals surface area (Å²) in [6.45, 7) is 0. The first-order chi connectivity index (χ1) is 13.6. The monoisotopic (exact) mass is 372 g/mol. The number of hydrogen-bond donors (Lipinski definition) is 0. The Balaban J connectivity index is 1.68. The average molecular weight is 372 g/mol. The summed E-state index contributed by atoms with van der Waals surface area (Å²) in [5.74, 6) is -1.95. The van der Waals surface area contributed by atoms with Gasteiger partial charge in [-0.15, -0.1) is 0 Å². The van der Waals surface area contributed by atoms with Gasteiger partial charge in [-0.1, -0.05) is 42.5 Å². The van der Waals surface area contributed by atoms with Crippen molar-refractivity contribution in [3.05, 3.63) is 106 Å². The van der Waals surface area contributed by atoms with E-state index in [1.807, 2.05) is 0 Å². The molecule has 5 nitrogen and oxygen atoms in total. The molecule has 1 atom stereocenters. The summed E-state index contributed by atoms with van der Waals surface area (Å²) in [4.78, 5) is 39.1. The van der Waals surface area contributed by atoms with Crippen LogP contribution in [0.2, 0.25) is 0 Å². The van der Waals surface area contributed by atoms with Crippen LogP contribution < -0.4 is 0 Å². The van der Waals surface area contributed by atoms with Crippen LogP contribution in [-0.2, 0) is 0 Å². The number of carbonyl (C=O) groups excluding carboxylic acids is 3. The Hall–Kier alpha value is -3.80. The maximum atomic E-state index is 13.4. The molecular formula is C22H13FN2O3. The van der Waals surface area contributed by atoms with Gasteiger partial charge in [0.2, 0.25) is 0 Å². The van der Waals surface area contributed by atoms with Crippen LogP contribution in [-0.4, -0.2) is 27.7 Å². The van der Waals surface area contributed by atoms with Gasteiger partial charge in [0, 0.05) is 5.56 Å². The molecule has 28 heavy (non-hydrogen) atoms. The van der Waals surface area contributed by atoms with Gasteiger partial charge in [-0.25, -0.2) is 9.40 Å². The van der Waals surface area contributed by atoms with Gasteiger partial charge in [-0.2, -0.15) is 5.01 Å². The predicted octanol–water partition coefficient (Wildman–Crippen LogP) is 3.58. The van der Waals surface area contributed by atoms with Gasteiger partial charge in [-0.05, 0) is 41.5 Å². The minimum absolute atomic E-state index is 0.258. The summed E-state index contributed by atoms with van der Waals surface area (Å²) in [5, 5.41) is 2.09. The zero-order chi connectivity index (χ0) is 19.4. The molecule has 3 amide bonds. The van der Waals surface area contributed by atoms with E-state index in [1.165, 1.54) is 17.1 Å². The maximum Gasteiger partial charge on any atom is 0.280 e. The fraction of sp³-hybridized carbons (Fsp3) is 0.0455. The highest BCUT2D eigenvalue weighted by Crippen LogP contribution is 2.41. The number of nitrogens with zero attached hydrogens (tertiary/aromatic N) is 2. The van der Waals surface area contributed by atoms with Crippen molar-refractivity contribution in [1.29, 1.82) is 0 Å². The highest BCUT2D eigenvalue weighted by Gasteiger charge is 2.48. The van der Waals surface area contributed by atoms with Gasteiger partial charge in [0.15, 0.2) is 0 Å². The molecule has 2 aliphatic heterocycles. The van der Waals surface area contributed by atoms with E-state index in [9.17, 15) is 18.8 Å². The zero-order valence-electron chi connectivity index (χ0n) is 14.5. The molecule has 0 bridgehead atoms. The first kappa shape index (κ1) is 16.4. The number of hydrogen-bond acceptors (Lipinski definition) is 3. The lowest BCUT2D eigenvalue weighted by Crippen LogP contribution is -2.48. The second-order valence-electron chi connectivity index (χ2n) is 6.66. The number of halogens is 1. The lowest BCUT2D eigenvalue weighted by atomic mass is 9.98. The Bertz CT molecular complexity index is 1120. The lowest BCUT2D eigenvalue weighted by Gasteiger charge is -2.32. The number of amides is 3. The van der Waals surface area contributed by atoms with E-state index in [0.29, 0.717) is 16.7 Å². The Morgan fingerprint density at radius 2 is 1.18 bits per heavy atom. The van der Waals surface area contributed by atoms with Crippen LogP contribution in [0.15, 0.2) is 72.8 Å². The van der Waals surface area contributed by atoms with Crippen LogP contribution in [0.5, 0.6) is 0 Å². The van der Waals surface area contributed by atoms with Gasteiger partial charge >= 0.3 is 0 Å². The number of hydrazine groups is 1. The van der Waals surface area contributed by atoms with Crippen LogP contribution in [0, 0.1) is 5.82 Å². The topological polar surface area (TPSA) is 57.7 Å². The first-order valence-corrected chi connectivity index (χ1v) is 8.73. The van der Waals surface area contributed by atoms with E-state index in [4.69, 9.17) is 0 Å². The van der Waals surface area contributed by atoms with Crippen molar-refractivity contribution in [1.82, 2.24) is 10.0 Å². The van der Waals surface area contributed by atoms with Crippen LogP contribution in [0.4, 0.5) is 4.39 Å². The first-order valence-electron chi connectivity index (χ1n) is 8.73. The van der Waals surface area contributed by atoms with Crippen LogP contribution >= 0.6 is 0 Å². The molecule has 2 heterocycles. The SMILES string of the molecule is O=C1c2ccccc2C(=O)N1N1C(=O)c2ccccc2C1c1ccc(F)cc1. The Kier molecular flexibility index (Phi) is 3.42. The molecule has 0 N–H and O–H groups in total. The zero-order valence-corrected chi connectivity index (χ0v) is 14.5. The number of carbonyl (C=O) groups is 3. The van der Waals surface area contributed by atoms with E-state index in [2.05, 4.69) is 0 Å². The molecule has 0 radical (unpaired) electrons. The van der Waals surface area contributed by atoms with E-state index in [0.717, 1.165) is 5.01 Å². The third-order valence-electron chi connectivity index (χ3n) is 5.11. The minimum atomic E-state index is -0.702. The third kappa shape index (κ3) is 2.15.